The van der Waals surface area contributed by atoms with Crippen LogP contribution in [-0.4, -0.2) is 27.1 Å². The summed E-state index contributed by atoms with van der Waals surface area (Å²) in [6.07, 6.45) is 1.73. The zero-order valence-corrected chi connectivity index (χ0v) is 12.4. The van der Waals surface area contributed by atoms with Crippen LogP contribution >= 0.6 is 0 Å². The van der Waals surface area contributed by atoms with Crippen molar-refractivity contribution in [3.8, 4) is 5.75 Å². The van der Waals surface area contributed by atoms with Crippen molar-refractivity contribution in [2.75, 3.05) is 11.9 Å². The highest BCUT2D eigenvalue weighted by molar-refractivity contribution is 6.05. The normalized spacial score (nSPS) is 10.6. The van der Waals surface area contributed by atoms with Gasteiger partial charge in [-0.2, -0.15) is 0 Å². The molecule has 2 heterocycles. The summed E-state index contributed by atoms with van der Waals surface area (Å²) < 4.78 is 7.29. The molecule has 0 saturated carbocycles. The second-order valence-corrected chi connectivity index (χ2v) is 4.78. The van der Waals surface area contributed by atoms with E-state index in [2.05, 4.69) is 15.5 Å². The number of ether oxygens (including phenoxy) is 1. The lowest BCUT2D eigenvalue weighted by Gasteiger charge is -2.11. The van der Waals surface area contributed by atoms with E-state index in [0.29, 0.717) is 29.3 Å². The third kappa shape index (κ3) is 2.63. The Balaban J connectivity index is 1.88. The van der Waals surface area contributed by atoms with Crippen LogP contribution in [0.15, 0.2) is 42.6 Å². The van der Waals surface area contributed by atoms with E-state index < -0.39 is 0 Å². The number of benzene rings is 1. The summed E-state index contributed by atoms with van der Waals surface area (Å²) in [5.41, 5.74) is 1.89. The monoisotopic (exact) mass is 296 g/mol. The number of aromatic nitrogens is 3. The van der Waals surface area contributed by atoms with Crippen molar-refractivity contribution in [3.05, 3.63) is 54.0 Å². The molecule has 0 unspecified atom stereocenters. The first-order chi connectivity index (χ1) is 10.7. The Hall–Kier alpha value is -2.89. The molecule has 0 atom stereocenters. The zero-order chi connectivity index (χ0) is 15.5. The van der Waals surface area contributed by atoms with Crippen molar-refractivity contribution in [2.24, 2.45) is 0 Å². The van der Waals surface area contributed by atoms with Crippen molar-refractivity contribution < 1.29 is 9.53 Å². The minimum atomic E-state index is -0.206. The van der Waals surface area contributed by atoms with Crippen LogP contribution < -0.4 is 10.1 Å². The van der Waals surface area contributed by atoms with Crippen LogP contribution in [0.4, 0.5) is 5.69 Å². The Kier molecular flexibility index (Phi) is 3.74. The molecule has 0 spiro atoms. The summed E-state index contributed by atoms with van der Waals surface area (Å²) in [5.74, 6) is 1.18. The molecule has 22 heavy (non-hydrogen) atoms. The summed E-state index contributed by atoms with van der Waals surface area (Å²) in [6.45, 7) is 4.28. The number of amides is 1. The van der Waals surface area contributed by atoms with Crippen molar-refractivity contribution in [1.82, 2.24) is 14.6 Å². The van der Waals surface area contributed by atoms with Gasteiger partial charge in [0.1, 0.15) is 11.6 Å². The van der Waals surface area contributed by atoms with Gasteiger partial charge >= 0.3 is 0 Å². The van der Waals surface area contributed by atoms with Gasteiger partial charge in [0.25, 0.3) is 5.91 Å². The number of nitrogens with zero attached hydrogens (tertiary/aromatic N) is 3. The lowest BCUT2D eigenvalue weighted by molar-refractivity contribution is 0.102. The number of hydrogen-bond acceptors (Lipinski definition) is 4. The second kappa shape index (κ2) is 5.85. The van der Waals surface area contributed by atoms with Crippen LogP contribution in [0.1, 0.15) is 23.1 Å². The molecular formula is C16H16N4O2. The predicted molar refractivity (Wildman–Crippen MR) is 83.3 cm³/mol. The van der Waals surface area contributed by atoms with Crippen LogP contribution in [0.2, 0.25) is 0 Å². The quantitative estimate of drug-likeness (QED) is 0.803. The third-order valence-electron chi connectivity index (χ3n) is 3.27. The molecule has 1 aromatic carbocycles. The molecule has 112 valence electrons. The number of aryl methyl sites for hydroxylation is 1. The summed E-state index contributed by atoms with van der Waals surface area (Å²) >= 11 is 0. The van der Waals surface area contributed by atoms with E-state index in [1.165, 1.54) is 0 Å². The van der Waals surface area contributed by atoms with E-state index in [1.54, 1.807) is 22.7 Å². The second-order valence-electron chi connectivity index (χ2n) is 4.78. The van der Waals surface area contributed by atoms with Gasteiger partial charge in [0, 0.05) is 6.20 Å². The standard InChI is InChI=1S/C16H16N4O2/c1-3-22-14-7-5-4-6-13(14)17-16(21)12-8-9-15-19-18-11(2)20(15)10-12/h4-10H,3H2,1-2H3,(H,17,21). The average Bonchev–Trinajstić information content (AvgIpc) is 2.90. The molecule has 0 bridgehead atoms. The van der Waals surface area contributed by atoms with Gasteiger partial charge in [-0.1, -0.05) is 12.1 Å². The molecule has 6 heteroatoms. The number of fused-ring (bicyclic) bond motifs is 1. The van der Waals surface area contributed by atoms with Gasteiger partial charge < -0.3 is 10.1 Å². The predicted octanol–water partition coefficient (Wildman–Crippen LogP) is 2.69. The third-order valence-corrected chi connectivity index (χ3v) is 3.27. The Bertz CT molecular complexity index is 826. The molecule has 2 aromatic heterocycles. The fourth-order valence-corrected chi connectivity index (χ4v) is 2.19. The number of para-hydroxylation sites is 2. The molecule has 1 N–H and O–H groups in total. The first-order valence-electron chi connectivity index (χ1n) is 7.03. The van der Waals surface area contributed by atoms with Crippen LogP contribution in [0, 0.1) is 6.92 Å². The van der Waals surface area contributed by atoms with Crippen LogP contribution in [0.3, 0.4) is 0 Å². The van der Waals surface area contributed by atoms with E-state index in [9.17, 15) is 4.79 Å². The van der Waals surface area contributed by atoms with E-state index in [4.69, 9.17) is 4.74 Å². The van der Waals surface area contributed by atoms with Crippen molar-refractivity contribution in [3.63, 3.8) is 0 Å². The lowest BCUT2D eigenvalue weighted by atomic mass is 10.2. The smallest absolute Gasteiger partial charge is 0.257 e. The maximum Gasteiger partial charge on any atom is 0.257 e. The molecule has 0 saturated heterocycles. The van der Waals surface area contributed by atoms with E-state index in [0.717, 1.165) is 5.82 Å². The van der Waals surface area contributed by atoms with Crippen molar-refractivity contribution in [2.45, 2.75) is 13.8 Å². The number of carbonyl (C=O) groups is 1. The summed E-state index contributed by atoms with van der Waals surface area (Å²) in [6, 6.07) is 10.8. The van der Waals surface area contributed by atoms with Gasteiger partial charge in [-0.25, -0.2) is 0 Å². The SMILES string of the molecule is CCOc1ccccc1NC(=O)c1ccc2nnc(C)n2c1. The fraction of sp³-hybridized carbons (Fsp3) is 0.188. The average molecular weight is 296 g/mol. The molecule has 0 aliphatic carbocycles. The Morgan fingerprint density at radius 2 is 2.05 bits per heavy atom. The summed E-state index contributed by atoms with van der Waals surface area (Å²) in [4.78, 5) is 12.4. The molecule has 0 aliphatic heterocycles. The number of anilines is 1. The molecule has 3 aromatic rings. The molecule has 3 rings (SSSR count). The number of nitrogens with one attached hydrogen (secondary N) is 1. The maximum atomic E-state index is 12.4. The maximum absolute atomic E-state index is 12.4. The highest BCUT2D eigenvalue weighted by Gasteiger charge is 2.11. The van der Waals surface area contributed by atoms with Gasteiger partial charge in [0.05, 0.1) is 17.9 Å². The highest BCUT2D eigenvalue weighted by Crippen LogP contribution is 2.24. The van der Waals surface area contributed by atoms with Gasteiger partial charge in [-0.15, -0.1) is 10.2 Å². The van der Waals surface area contributed by atoms with Crippen LogP contribution in [-0.2, 0) is 0 Å². The minimum Gasteiger partial charge on any atom is -0.492 e. The zero-order valence-electron chi connectivity index (χ0n) is 12.4. The van der Waals surface area contributed by atoms with Gasteiger partial charge in [-0.05, 0) is 38.1 Å². The molecule has 0 fully saturated rings. The fourth-order valence-electron chi connectivity index (χ4n) is 2.19. The van der Waals surface area contributed by atoms with Gasteiger partial charge in [-0.3, -0.25) is 9.20 Å². The van der Waals surface area contributed by atoms with Gasteiger partial charge in [0.2, 0.25) is 0 Å². The summed E-state index contributed by atoms with van der Waals surface area (Å²) in [7, 11) is 0. The molecular weight excluding hydrogens is 280 g/mol. The van der Waals surface area contributed by atoms with E-state index in [1.807, 2.05) is 38.1 Å². The number of pyridine rings is 1. The topological polar surface area (TPSA) is 68.5 Å². The van der Waals surface area contributed by atoms with Crippen molar-refractivity contribution in [1.29, 1.82) is 0 Å². The summed E-state index contributed by atoms with van der Waals surface area (Å²) in [5, 5.41) is 10.9. The van der Waals surface area contributed by atoms with Crippen molar-refractivity contribution >= 4 is 17.2 Å². The lowest BCUT2D eigenvalue weighted by Crippen LogP contribution is -2.13. The van der Waals surface area contributed by atoms with Gasteiger partial charge in [0.15, 0.2) is 5.65 Å². The minimum absolute atomic E-state index is 0.206. The van der Waals surface area contributed by atoms with Crippen LogP contribution in [0.25, 0.3) is 5.65 Å². The Labute approximate surface area is 127 Å². The number of hydrogen-bond donors (Lipinski definition) is 1. The highest BCUT2D eigenvalue weighted by atomic mass is 16.5. The molecule has 1 amide bonds. The first kappa shape index (κ1) is 14.1. The molecule has 0 radical (unpaired) electrons. The largest absolute Gasteiger partial charge is 0.492 e. The first-order valence-corrected chi connectivity index (χ1v) is 7.03. The van der Waals surface area contributed by atoms with Crippen LogP contribution in [0.5, 0.6) is 5.75 Å². The number of rotatable bonds is 4. The Morgan fingerprint density at radius 3 is 2.86 bits per heavy atom. The van der Waals surface area contributed by atoms with E-state index in [-0.39, 0.29) is 5.91 Å². The molecule has 6 nitrogen and oxygen atoms in total. The van der Waals surface area contributed by atoms with E-state index >= 15 is 0 Å². The Morgan fingerprint density at radius 1 is 1.23 bits per heavy atom. The number of carbonyl (C=O) groups excluding carboxylic acids is 1. The molecule has 0 aliphatic rings.